The van der Waals surface area contributed by atoms with E-state index in [9.17, 15) is 13.2 Å². The number of methoxy groups -OCH3 is 1. The molecule has 0 saturated heterocycles. The number of nitrogens with one attached hydrogen (secondary N) is 1. The second-order valence-electron chi connectivity index (χ2n) is 5.59. The summed E-state index contributed by atoms with van der Waals surface area (Å²) in [5.41, 5.74) is 0.0499. The summed E-state index contributed by atoms with van der Waals surface area (Å²) in [6, 6.07) is 6.18. The molecule has 1 saturated carbocycles. The molecular weight excluding hydrogens is 304 g/mol. The van der Waals surface area contributed by atoms with E-state index < -0.39 is 21.3 Å². The fourth-order valence-electron chi connectivity index (χ4n) is 2.62. The molecular formula is C15H18N2O4S. The maximum absolute atomic E-state index is 12.4. The zero-order valence-corrected chi connectivity index (χ0v) is 13.4. The molecule has 1 aliphatic carbocycles. The lowest BCUT2D eigenvalue weighted by Crippen LogP contribution is -2.50. The van der Waals surface area contributed by atoms with E-state index in [0.717, 1.165) is 6.42 Å². The van der Waals surface area contributed by atoms with Gasteiger partial charge in [0, 0.05) is 7.11 Å². The fraction of sp³-hybridized carbons (Fsp3) is 0.467. The van der Waals surface area contributed by atoms with Crippen LogP contribution in [0.2, 0.25) is 0 Å². The van der Waals surface area contributed by atoms with Crippen LogP contribution in [0.1, 0.15) is 30.4 Å². The Balaban J connectivity index is 2.25. The van der Waals surface area contributed by atoms with Gasteiger partial charge in [-0.1, -0.05) is 6.42 Å². The van der Waals surface area contributed by atoms with E-state index in [0.29, 0.717) is 24.0 Å². The number of benzene rings is 1. The molecule has 7 heteroatoms. The largest absolute Gasteiger partial charge is 0.384 e. The van der Waals surface area contributed by atoms with Gasteiger partial charge in [0.2, 0.25) is 5.91 Å². The number of aryl methyl sites for hydroxylation is 1. The fourth-order valence-corrected chi connectivity index (χ4v) is 3.92. The highest BCUT2D eigenvalue weighted by atomic mass is 32.2. The Kier molecular flexibility index (Phi) is 4.54. The summed E-state index contributed by atoms with van der Waals surface area (Å²) in [5.74, 6) is -0.524. The topological polar surface area (TPSA) is 96.3 Å². The molecule has 22 heavy (non-hydrogen) atoms. The molecule has 1 fully saturated rings. The minimum atomic E-state index is -3.96. The normalized spacial score (nSPS) is 16.4. The number of nitrogens with zero attached hydrogens (tertiary/aromatic N) is 1. The smallest absolute Gasteiger partial charge is 0.264 e. The molecule has 1 amide bonds. The summed E-state index contributed by atoms with van der Waals surface area (Å²) in [4.78, 5) is 12.3. The molecule has 1 aromatic carbocycles. The summed E-state index contributed by atoms with van der Waals surface area (Å²) in [6.07, 6.45) is 2.12. The van der Waals surface area contributed by atoms with E-state index in [4.69, 9.17) is 10.00 Å². The predicted molar refractivity (Wildman–Crippen MR) is 79.4 cm³/mol. The minimum Gasteiger partial charge on any atom is -0.384 e. The summed E-state index contributed by atoms with van der Waals surface area (Å²) < 4.78 is 32.0. The van der Waals surface area contributed by atoms with Crippen LogP contribution in [-0.4, -0.2) is 28.0 Å². The average Bonchev–Trinajstić information content (AvgIpc) is 2.41. The molecule has 118 valence electrons. The van der Waals surface area contributed by atoms with Crippen LogP contribution in [-0.2, 0) is 19.6 Å². The Morgan fingerprint density at radius 2 is 2.14 bits per heavy atom. The first-order valence-corrected chi connectivity index (χ1v) is 8.40. The average molecular weight is 322 g/mol. The summed E-state index contributed by atoms with van der Waals surface area (Å²) >= 11 is 0. The van der Waals surface area contributed by atoms with E-state index in [1.807, 2.05) is 6.07 Å². The van der Waals surface area contributed by atoms with Gasteiger partial charge in [-0.15, -0.1) is 0 Å². The summed E-state index contributed by atoms with van der Waals surface area (Å²) in [7, 11) is -2.46. The maximum atomic E-state index is 12.4. The first-order valence-electron chi connectivity index (χ1n) is 6.91. The van der Waals surface area contributed by atoms with Crippen LogP contribution in [0.5, 0.6) is 0 Å². The van der Waals surface area contributed by atoms with E-state index in [1.165, 1.54) is 25.3 Å². The van der Waals surface area contributed by atoms with Crippen LogP contribution in [0.25, 0.3) is 0 Å². The van der Waals surface area contributed by atoms with E-state index in [2.05, 4.69) is 4.72 Å². The molecule has 1 aromatic rings. The standard InChI is InChI=1S/C15H18N2O4S/c1-11-8-12(9-16)4-5-13(11)22(19,20)17-14(18)15(10-21-2)6-3-7-15/h4-5,8H,3,6-7,10H2,1-2H3,(H,17,18). The van der Waals surface area contributed by atoms with Gasteiger partial charge in [-0.2, -0.15) is 5.26 Å². The van der Waals surface area contributed by atoms with Gasteiger partial charge in [0.05, 0.1) is 28.6 Å². The highest BCUT2D eigenvalue weighted by Gasteiger charge is 2.45. The Labute approximate surface area is 130 Å². The number of amides is 1. The third-order valence-corrected chi connectivity index (χ3v) is 5.52. The Bertz CT molecular complexity index is 730. The van der Waals surface area contributed by atoms with Crippen molar-refractivity contribution in [3.8, 4) is 6.07 Å². The van der Waals surface area contributed by atoms with Crippen molar-refractivity contribution in [2.24, 2.45) is 5.41 Å². The van der Waals surface area contributed by atoms with Crippen molar-refractivity contribution < 1.29 is 17.9 Å². The summed E-state index contributed by atoms with van der Waals surface area (Å²) in [5, 5.41) is 8.82. The molecule has 0 unspecified atom stereocenters. The first-order chi connectivity index (χ1) is 10.3. The number of hydrogen-bond donors (Lipinski definition) is 1. The monoisotopic (exact) mass is 322 g/mol. The minimum absolute atomic E-state index is 0.00624. The van der Waals surface area contributed by atoms with Crippen molar-refractivity contribution in [2.45, 2.75) is 31.1 Å². The third kappa shape index (κ3) is 2.98. The van der Waals surface area contributed by atoms with Crippen molar-refractivity contribution in [1.29, 1.82) is 5.26 Å². The zero-order chi connectivity index (χ0) is 16.4. The molecule has 0 heterocycles. The van der Waals surface area contributed by atoms with Crippen molar-refractivity contribution in [3.05, 3.63) is 29.3 Å². The lowest BCUT2D eigenvalue weighted by atomic mass is 9.69. The molecule has 1 N–H and O–H groups in total. The lowest BCUT2D eigenvalue weighted by molar-refractivity contribution is -0.138. The van der Waals surface area contributed by atoms with Gasteiger partial charge >= 0.3 is 0 Å². The Morgan fingerprint density at radius 1 is 1.45 bits per heavy atom. The second kappa shape index (κ2) is 6.07. The Morgan fingerprint density at radius 3 is 2.59 bits per heavy atom. The van der Waals surface area contributed by atoms with Crippen LogP contribution >= 0.6 is 0 Å². The number of carbonyl (C=O) groups is 1. The lowest BCUT2D eigenvalue weighted by Gasteiger charge is -2.39. The molecule has 1 aliphatic rings. The van der Waals surface area contributed by atoms with E-state index in [1.54, 1.807) is 6.92 Å². The van der Waals surface area contributed by atoms with E-state index in [-0.39, 0.29) is 11.5 Å². The number of nitriles is 1. The molecule has 0 aromatic heterocycles. The molecule has 0 aliphatic heterocycles. The number of sulfonamides is 1. The molecule has 0 bridgehead atoms. The Hall–Kier alpha value is -1.91. The van der Waals surface area contributed by atoms with Gasteiger partial charge < -0.3 is 4.74 Å². The summed E-state index contributed by atoms with van der Waals surface area (Å²) in [6.45, 7) is 1.80. The number of hydrogen-bond acceptors (Lipinski definition) is 5. The molecule has 0 radical (unpaired) electrons. The van der Waals surface area contributed by atoms with Gasteiger partial charge in [-0.25, -0.2) is 13.1 Å². The van der Waals surface area contributed by atoms with E-state index >= 15 is 0 Å². The van der Waals surface area contributed by atoms with Gasteiger partial charge in [0.25, 0.3) is 10.0 Å². The SMILES string of the molecule is COCC1(C(=O)NS(=O)(=O)c2ccc(C#N)cc2C)CCC1. The number of rotatable bonds is 5. The highest BCUT2D eigenvalue weighted by molar-refractivity contribution is 7.90. The second-order valence-corrected chi connectivity index (χ2v) is 7.24. The van der Waals surface area contributed by atoms with Gasteiger partial charge in [-0.3, -0.25) is 4.79 Å². The van der Waals surface area contributed by atoms with Crippen LogP contribution in [0.15, 0.2) is 23.1 Å². The molecule has 0 atom stereocenters. The number of ether oxygens (including phenoxy) is 1. The van der Waals surface area contributed by atoms with Crippen molar-refractivity contribution in [3.63, 3.8) is 0 Å². The van der Waals surface area contributed by atoms with Crippen LogP contribution in [0.3, 0.4) is 0 Å². The van der Waals surface area contributed by atoms with Crippen molar-refractivity contribution in [1.82, 2.24) is 4.72 Å². The first kappa shape index (κ1) is 16.5. The quantitative estimate of drug-likeness (QED) is 0.886. The van der Waals surface area contributed by atoms with Crippen LogP contribution in [0.4, 0.5) is 0 Å². The maximum Gasteiger partial charge on any atom is 0.264 e. The molecule has 0 spiro atoms. The van der Waals surface area contributed by atoms with Gasteiger partial charge in [0.1, 0.15) is 0 Å². The molecule has 2 rings (SSSR count). The van der Waals surface area contributed by atoms with Crippen molar-refractivity contribution >= 4 is 15.9 Å². The van der Waals surface area contributed by atoms with Gasteiger partial charge in [-0.05, 0) is 43.5 Å². The predicted octanol–water partition coefficient (Wildman–Crippen LogP) is 1.49. The third-order valence-electron chi connectivity index (χ3n) is 4.03. The zero-order valence-electron chi connectivity index (χ0n) is 12.5. The van der Waals surface area contributed by atoms with Crippen molar-refractivity contribution in [2.75, 3.05) is 13.7 Å². The van der Waals surface area contributed by atoms with Crippen LogP contribution < -0.4 is 4.72 Å². The number of carbonyl (C=O) groups excluding carboxylic acids is 1. The van der Waals surface area contributed by atoms with Crippen LogP contribution in [0, 0.1) is 23.7 Å². The molecule has 6 nitrogen and oxygen atoms in total. The highest BCUT2D eigenvalue weighted by Crippen LogP contribution is 2.41. The van der Waals surface area contributed by atoms with Gasteiger partial charge in [0.15, 0.2) is 0 Å².